The van der Waals surface area contributed by atoms with Gasteiger partial charge in [0.1, 0.15) is 10.6 Å². The average Bonchev–Trinajstić information content (AvgIpc) is 2.53. The fraction of sp³-hybridized carbons (Fsp3) is 0.538. The smallest absolute Gasteiger partial charge is 0.343 e. The maximum absolute atomic E-state index is 12.0. The monoisotopic (exact) mass is 284 g/mol. The van der Waals surface area contributed by atoms with E-state index in [0.29, 0.717) is 9.88 Å². The number of anilines is 2. The van der Waals surface area contributed by atoms with E-state index in [4.69, 9.17) is 10.5 Å². The van der Waals surface area contributed by atoms with E-state index >= 15 is 0 Å². The molecule has 106 valence electrons. The second-order valence-electron chi connectivity index (χ2n) is 5.20. The Morgan fingerprint density at radius 3 is 2.37 bits per heavy atom. The molecule has 0 saturated heterocycles. The van der Waals surface area contributed by atoms with Gasteiger partial charge in [-0.3, -0.25) is 4.79 Å². The van der Waals surface area contributed by atoms with Crippen molar-refractivity contribution >= 4 is 33.8 Å². The molecule has 0 unspecified atom stereocenters. The second kappa shape index (κ2) is 5.61. The first-order valence-electron chi connectivity index (χ1n) is 6.06. The highest BCUT2D eigenvalue weighted by molar-refractivity contribution is 7.19. The van der Waals surface area contributed by atoms with Gasteiger partial charge in [0.15, 0.2) is 5.78 Å². The lowest BCUT2D eigenvalue weighted by Gasteiger charge is -2.21. The Labute approximate surface area is 117 Å². The van der Waals surface area contributed by atoms with Crippen LogP contribution >= 0.6 is 11.3 Å². The van der Waals surface area contributed by atoms with Gasteiger partial charge in [-0.1, -0.05) is 0 Å². The first-order valence-corrected chi connectivity index (χ1v) is 6.87. The topological polar surface area (TPSA) is 81.4 Å². The predicted molar refractivity (Wildman–Crippen MR) is 78.1 cm³/mol. The summed E-state index contributed by atoms with van der Waals surface area (Å²) < 4.78 is 4.99. The number of nitrogens with one attached hydrogen (secondary N) is 1. The lowest BCUT2D eigenvalue weighted by molar-refractivity contribution is 0.0529. The third-order valence-electron chi connectivity index (χ3n) is 2.23. The molecule has 1 rings (SSSR count). The predicted octanol–water partition coefficient (Wildman–Crippen LogP) is 2.92. The zero-order valence-electron chi connectivity index (χ0n) is 11.9. The van der Waals surface area contributed by atoms with Gasteiger partial charge in [0.25, 0.3) is 0 Å². The molecular formula is C13H20N2O3S. The van der Waals surface area contributed by atoms with Gasteiger partial charge in [0.2, 0.25) is 0 Å². The number of Topliss-reactive ketones (excluding diaryl/α,β-unsaturated/α-hetero) is 1. The molecule has 6 heteroatoms. The van der Waals surface area contributed by atoms with Gasteiger partial charge < -0.3 is 15.8 Å². The summed E-state index contributed by atoms with van der Waals surface area (Å²) in [4.78, 5) is 23.9. The molecule has 1 aromatic rings. The molecule has 5 nitrogen and oxygen atoms in total. The Morgan fingerprint density at radius 1 is 1.37 bits per heavy atom. The summed E-state index contributed by atoms with van der Waals surface area (Å²) in [5.41, 5.74) is 6.11. The normalized spacial score (nSPS) is 11.2. The Hall–Kier alpha value is -1.56. The first kappa shape index (κ1) is 15.5. The van der Waals surface area contributed by atoms with E-state index in [2.05, 4.69) is 5.32 Å². The third kappa shape index (κ3) is 3.70. The maximum Gasteiger partial charge on any atom is 0.343 e. The summed E-state index contributed by atoms with van der Waals surface area (Å²) in [7, 11) is 0. The molecule has 0 aromatic carbocycles. The number of esters is 1. The van der Waals surface area contributed by atoms with Crippen LogP contribution in [0.5, 0.6) is 0 Å². The van der Waals surface area contributed by atoms with Crippen LogP contribution in [0.15, 0.2) is 0 Å². The molecule has 0 aliphatic rings. The molecule has 0 radical (unpaired) electrons. The number of ether oxygens (including phenoxy) is 1. The van der Waals surface area contributed by atoms with Crippen LogP contribution in [0.2, 0.25) is 0 Å². The minimum atomic E-state index is -0.504. The van der Waals surface area contributed by atoms with Crippen molar-refractivity contribution in [3.8, 4) is 0 Å². The van der Waals surface area contributed by atoms with Crippen LogP contribution in [0.3, 0.4) is 0 Å². The molecule has 0 spiro atoms. The zero-order valence-corrected chi connectivity index (χ0v) is 12.7. The lowest BCUT2D eigenvalue weighted by atomic mass is 10.1. The van der Waals surface area contributed by atoms with Crippen LogP contribution in [0.25, 0.3) is 0 Å². The van der Waals surface area contributed by atoms with E-state index in [1.165, 1.54) is 18.3 Å². The average molecular weight is 284 g/mol. The van der Waals surface area contributed by atoms with Gasteiger partial charge in [0.05, 0.1) is 17.2 Å². The number of hydrogen-bond acceptors (Lipinski definition) is 6. The third-order valence-corrected chi connectivity index (χ3v) is 3.45. The van der Waals surface area contributed by atoms with Crippen molar-refractivity contribution in [2.24, 2.45) is 0 Å². The number of thiophene rings is 1. The van der Waals surface area contributed by atoms with Crippen LogP contribution in [0.1, 0.15) is 54.6 Å². The fourth-order valence-corrected chi connectivity index (χ4v) is 2.75. The SMILES string of the molecule is CCOC(=O)c1c(NC(C)(C)C)sc(C(C)=O)c1N. The number of carbonyl (C=O) groups excluding carboxylic acids is 2. The standard InChI is InChI=1S/C13H20N2O3S/c1-6-18-12(17)8-9(14)10(7(2)16)19-11(8)15-13(3,4)5/h15H,6,14H2,1-5H3. The minimum Gasteiger partial charge on any atom is -0.462 e. The molecule has 0 aliphatic carbocycles. The number of rotatable bonds is 4. The van der Waals surface area contributed by atoms with Crippen molar-refractivity contribution in [1.29, 1.82) is 0 Å². The van der Waals surface area contributed by atoms with Crippen molar-refractivity contribution in [2.75, 3.05) is 17.7 Å². The van der Waals surface area contributed by atoms with Crippen LogP contribution in [0.4, 0.5) is 10.7 Å². The van der Waals surface area contributed by atoms with Crippen molar-refractivity contribution in [3.63, 3.8) is 0 Å². The van der Waals surface area contributed by atoms with E-state index in [-0.39, 0.29) is 29.2 Å². The maximum atomic E-state index is 12.0. The summed E-state index contributed by atoms with van der Waals surface area (Å²) in [5, 5.41) is 3.77. The summed E-state index contributed by atoms with van der Waals surface area (Å²) in [6.07, 6.45) is 0. The van der Waals surface area contributed by atoms with Gasteiger partial charge in [-0.15, -0.1) is 11.3 Å². The Morgan fingerprint density at radius 2 is 1.95 bits per heavy atom. The highest BCUT2D eigenvalue weighted by Crippen LogP contribution is 2.38. The van der Waals surface area contributed by atoms with Gasteiger partial charge in [0, 0.05) is 12.5 Å². The summed E-state index contributed by atoms with van der Waals surface area (Å²) in [5.74, 6) is -0.662. The molecule has 0 atom stereocenters. The number of nitrogen functional groups attached to an aromatic ring is 1. The molecule has 0 aliphatic heterocycles. The summed E-state index contributed by atoms with van der Waals surface area (Å²) in [6.45, 7) is 9.31. The summed E-state index contributed by atoms with van der Waals surface area (Å²) in [6, 6.07) is 0. The molecular weight excluding hydrogens is 264 g/mol. The molecule has 1 heterocycles. The number of carbonyl (C=O) groups is 2. The van der Waals surface area contributed by atoms with Gasteiger partial charge in [-0.05, 0) is 27.7 Å². The Kier molecular flexibility index (Phi) is 4.57. The van der Waals surface area contributed by atoms with Gasteiger partial charge >= 0.3 is 5.97 Å². The van der Waals surface area contributed by atoms with E-state index in [0.717, 1.165) is 0 Å². The van der Waals surface area contributed by atoms with E-state index in [1.54, 1.807) is 6.92 Å². The molecule has 0 saturated carbocycles. The molecule has 0 fully saturated rings. The second-order valence-corrected chi connectivity index (χ2v) is 6.22. The number of nitrogens with two attached hydrogens (primary N) is 1. The van der Waals surface area contributed by atoms with E-state index in [1.807, 2.05) is 20.8 Å². The van der Waals surface area contributed by atoms with Crippen LogP contribution in [-0.2, 0) is 4.74 Å². The fourth-order valence-electron chi connectivity index (χ4n) is 1.54. The van der Waals surface area contributed by atoms with Crippen molar-refractivity contribution in [1.82, 2.24) is 0 Å². The number of ketones is 1. The molecule has 3 N–H and O–H groups in total. The Bertz CT molecular complexity index is 501. The van der Waals surface area contributed by atoms with Crippen LogP contribution in [-0.4, -0.2) is 23.9 Å². The largest absolute Gasteiger partial charge is 0.462 e. The zero-order chi connectivity index (χ0) is 14.8. The van der Waals surface area contributed by atoms with Crippen LogP contribution < -0.4 is 11.1 Å². The highest BCUT2D eigenvalue weighted by atomic mass is 32.1. The van der Waals surface area contributed by atoms with Gasteiger partial charge in [-0.2, -0.15) is 0 Å². The van der Waals surface area contributed by atoms with Crippen molar-refractivity contribution < 1.29 is 14.3 Å². The quantitative estimate of drug-likeness (QED) is 0.656. The molecule has 0 bridgehead atoms. The lowest BCUT2D eigenvalue weighted by Crippen LogP contribution is -2.26. The first-order chi connectivity index (χ1) is 8.67. The van der Waals surface area contributed by atoms with Crippen molar-refractivity contribution in [2.45, 2.75) is 40.2 Å². The van der Waals surface area contributed by atoms with E-state index in [9.17, 15) is 9.59 Å². The molecule has 0 amide bonds. The molecule has 19 heavy (non-hydrogen) atoms. The van der Waals surface area contributed by atoms with Crippen molar-refractivity contribution in [3.05, 3.63) is 10.4 Å². The molecule has 1 aromatic heterocycles. The number of hydrogen-bond donors (Lipinski definition) is 2. The van der Waals surface area contributed by atoms with Gasteiger partial charge in [-0.25, -0.2) is 4.79 Å². The van der Waals surface area contributed by atoms with Crippen LogP contribution in [0, 0.1) is 0 Å². The minimum absolute atomic E-state index is 0.157. The summed E-state index contributed by atoms with van der Waals surface area (Å²) >= 11 is 1.19. The Balaban J connectivity index is 3.31. The van der Waals surface area contributed by atoms with E-state index < -0.39 is 5.97 Å². The highest BCUT2D eigenvalue weighted by Gasteiger charge is 2.27.